The Balaban J connectivity index is 1.17. The van der Waals surface area contributed by atoms with Gasteiger partial charge in [-0.1, -0.05) is 29.8 Å². The third-order valence-electron chi connectivity index (χ3n) is 5.68. The van der Waals surface area contributed by atoms with E-state index < -0.39 is 5.92 Å². The Bertz CT molecular complexity index is 1130. The van der Waals surface area contributed by atoms with E-state index in [9.17, 15) is 14.4 Å². The van der Waals surface area contributed by atoms with E-state index in [1.54, 1.807) is 29.2 Å². The average molecular weight is 453 g/mol. The van der Waals surface area contributed by atoms with Crippen molar-refractivity contribution >= 4 is 45.9 Å². The Morgan fingerprint density at radius 1 is 1.06 bits per heavy atom. The Morgan fingerprint density at radius 2 is 1.81 bits per heavy atom. The number of rotatable bonds is 8. The highest BCUT2D eigenvalue weighted by atomic mass is 35.5. The molecule has 4 rings (SSSR count). The molecule has 0 radical (unpaired) electrons. The molecule has 1 fully saturated rings. The number of benzene rings is 2. The van der Waals surface area contributed by atoms with E-state index in [2.05, 4.69) is 15.6 Å². The third-order valence-corrected chi connectivity index (χ3v) is 5.93. The number of hydrogen-bond donors (Lipinski definition) is 3. The van der Waals surface area contributed by atoms with Gasteiger partial charge in [-0.3, -0.25) is 14.4 Å². The fourth-order valence-electron chi connectivity index (χ4n) is 3.96. The van der Waals surface area contributed by atoms with Gasteiger partial charge in [0, 0.05) is 60.3 Å². The first-order chi connectivity index (χ1) is 15.5. The van der Waals surface area contributed by atoms with Crippen LogP contribution in [0, 0.1) is 5.92 Å². The molecule has 0 unspecified atom stereocenters. The number of H-pyrrole nitrogens is 1. The van der Waals surface area contributed by atoms with Crippen LogP contribution < -0.4 is 15.5 Å². The summed E-state index contributed by atoms with van der Waals surface area (Å²) >= 11 is 5.90. The minimum Gasteiger partial charge on any atom is -0.361 e. The van der Waals surface area contributed by atoms with E-state index in [4.69, 9.17) is 11.6 Å². The minimum absolute atomic E-state index is 0.0607. The number of anilines is 1. The van der Waals surface area contributed by atoms with Gasteiger partial charge in [0.15, 0.2) is 0 Å². The molecule has 1 aromatic heterocycles. The smallest absolute Gasteiger partial charge is 0.227 e. The van der Waals surface area contributed by atoms with Crippen LogP contribution in [0.4, 0.5) is 5.69 Å². The van der Waals surface area contributed by atoms with Crippen molar-refractivity contribution in [1.82, 2.24) is 15.6 Å². The van der Waals surface area contributed by atoms with E-state index in [0.29, 0.717) is 37.5 Å². The van der Waals surface area contributed by atoms with E-state index in [1.165, 1.54) is 0 Å². The van der Waals surface area contributed by atoms with E-state index >= 15 is 0 Å². The van der Waals surface area contributed by atoms with Crippen LogP contribution >= 0.6 is 11.6 Å². The Labute approximate surface area is 191 Å². The second-order valence-corrected chi connectivity index (χ2v) is 8.32. The number of halogens is 1. The summed E-state index contributed by atoms with van der Waals surface area (Å²) in [6.45, 7) is 1.01. The maximum absolute atomic E-state index is 12.4. The van der Waals surface area contributed by atoms with Crippen LogP contribution in [0.1, 0.15) is 18.4 Å². The van der Waals surface area contributed by atoms with Crippen molar-refractivity contribution in [3.63, 3.8) is 0 Å². The Morgan fingerprint density at radius 3 is 2.62 bits per heavy atom. The first-order valence-corrected chi connectivity index (χ1v) is 11.0. The van der Waals surface area contributed by atoms with Gasteiger partial charge < -0.3 is 20.5 Å². The summed E-state index contributed by atoms with van der Waals surface area (Å²) in [7, 11) is 0. The molecule has 0 bridgehead atoms. The van der Waals surface area contributed by atoms with E-state index in [1.807, 2.05) is 30.5 Å². The summed E-state index contributed by atoms with van der Waals surface area (Å²) < 4.78 is 0. The fraction of sp³-hybridized carbons (Fsp3) is 0.292. The molecule has 8 heteroatoms. The third kappa shape index (κ3) is 5.11. The van der Waals surface area contributed by atoms with Gasteiger partial charge in [-0.25, -0.2) is 0 Å². The highest BCUT2D eigenvalue weighted by Gasteiger charge is 2.34. The number of aryl methyl sites for hydroxylation is 1. The highest BCUT2D eigenvalue weighted by molar-refractivity contribution is 6.30. The minimum atomic E-state index is -0.407. The fourth-order valence-corrected chi connectivity index (χ4v) is 4.09. The summed E-state index contributed by atoms with van der Waals surface area (Å²) in [5, 5.41) is 7.38. The van der Waals surface area contributed by atoms with Crippen LogP contribution in [0.2, 0.25) is 5.02 Å². The molecule has 0 aliphatic carbocycles. The molecule has 32 heavy (non-hydrogen) atoms. The van der Waals surface area contributed by atoms with Crippen molar-refractivity contribution in [3.8, 4) is 0 Å². The lowest BCUT2D eigenvalue weighted by molar-refractivity contribution is -0.126. The van der Waals surface area contributed by atoms with Crippen molar-refractivity contribution < 1.29 is 14.4 Å². The first kappa shape index (κ1) is 21.9. The zero-order chi connectivity index (χ0) is 22.5. The van der Waals surface area contributed by atoms with Gasteiger partial charge in [0.05, 0.1) is 5.92 Å². The molecule has 3 aromatic rings. The molecule has 1 saturated heterocycles. The summed E-state index contributed by atoms with van der Waals surface area (Å²) in [4.78, 5) is 41.7. The van der Waals surface area contributed by atoms with Crippen LogP contribution in [0.3, 0.4) is 0 Å². The average Bonchev–Trinajstić information content (AvgIpc) is 3.39. The predicted molar refractivity (Wildman–Crippen MR) is 125 cm³/mol. The number of amides is 3. The monoisotopic (exact) mass is 452 g/mol. The van der Waals surface area contributed by atoms with Crippen LogP contribution in [0.25, 0.3) is 10.9 Å². The Hall–Kier alpha value is -3.32. The van der Waals surface area contributed by atoms with Crippen molar-refractivity contribution in [2.45, 2.75) is 19.3 Å². The van der Waals surface area contributed by atoms with Gasteiger partial charge in [0.1, 0.15) is 0 Å². The predicted octanol–water partition coefficient (Wildman–Crippen LogP) is 3.04. The number of hydrogen-bond acceptors (Lipinski definition) is 3. The number of nitrogens with one attached hydrogen (secondary N) is 3. The maximum atomic E-state index is 12.4. The number of aromatic nitrogens is 1. The van der Waals surface area contributed by atoms with Crippen LogP contribution in [0.5, 0.6) is 0 Å². The normalized spacial score (nSPS) is 15.8. The van der Waals surface area contributed by atoms with Crippen LogP contribution in [-0.4, -0.2) is 42.3 Å². The molecular formula is C24H25ClN4O3. The molecule has 166 valence electrons. The van der Waals surface area contributed by atoms with Gasteiger partial charge in [0.25, 0.3) is 0 Å². The highest BCUT2D eigenvalue weighted by Crippen LogP contribution is 2.26. The number of carbonyl (C=O) groups is 3. The molecule has 0 saturated carbocycles. The SMILES string of the molecule is O=C(CCc1c[nH]c2ccccc12)NCCNC(=O)[C@@H]1CC(=O)N(c2ccc(Cl)cc2)C1. The van der Waals surface area contributed by atoms with Gasteiger partial charge >= 0.3 is 0 Å². The van der Waals surface area contributed by atoms with Crippen molar-refractivity contribution in [2.75, 3.05) is 24.5 Å². The Kier molecular flexibility index (Phi) is 6.75. The molecule has 1 aliphatic heterocycles. The topological polar surface area (TPSA) is 94.3 Å². The van der Waals surface area contributed by atoms with Gasteiger partial charge in [-0.2, -0.15) is 0 Å². The molecule has 1 aliphatic rings. The lowest BCUT2D eigenvalue weighted by Crippen LogP contribution is -2.38. The molecule has 0 spiro atoms. The van der Waals surface area contributed by atoms with E-state index in [-0.39, 0.29) is 24.1 Å². The largest absolute Gasteiger partial charge is 0.361 e. The molecule has 3 amide bonds. The molecule has 3 N–H and O–H groups in total. The lowest BCUT2D eigenvalue weighted by Gasteiger charge is -2.16. The number of aromatic amines is 1. The molecular weight excluding hydrogens is 428 g/mol. The van der Waals surface area contributed by atoms with Crippen LogP contribution in [0.15, 0.2) is 54.7 Å². The summed E-state index contributed by atoms with van der Waals surface area (Å²) in [5.74, 6) is -0.730. The second kappa shape index (κ2) is 9.87. The van der Waals surface area contributed by atoms with Crippen LogP contribution in [-0.2, 0) is 20.8 Å². The lowest BCUT2D eigenvalue weighted by atomic mass is 10.1. The number of nitrogens with zero attached hydrogens (tertiary/aromatic N) is 1. The number of carbonyl (C=O) groups excluding carboxylic acids is 3. The molecule has 7 nitrogen and oxygen atoms in total. The van der Waals surface area contributed by atoms with Gasteiger partial charge in [-0.15, -0.1) is 0 Å². The summed E-state index contributed by atoms with van der Waals surface area (Å²) in [6, 6.07) is 15.0. The zero-order valence-electron chi connectivity index (χ0n) is 17.6. The standard InChI is InChI=1S/C24H25ClN4O3/c25-18-6-8-19(9-7-18)29-15-17(13-23(29)31)24(32)27-12-11-26-22(30)10-5-16-14-28-21-4-2-1-3-20(16)21/h1-4,6-9,14,17,28H,5,10-13,15H2,(H,26,30)(H,27,32)/t17-/m1/s1. The molecule has 1 atom stereocenters. The second-order valence-electron chi connectivity index (χ2n) is 7.88. The van der Waals surface area contributed by atoms with Gasteiger partial charge in [0.2, 0.25) is 17.7 Å². The maximum Gasteiger partial charge on any atom is 0.227 e. The number of para-hydroxylation sites is 1. The zero-order valence-corrected chi connectivity index (χ0v) is 18.3. The van der Waals surface area contributed by atoms with Crippen molar-refractivity contribution in [1.29, 1.82) is 0 Å². The summed E-state index contributed by atoms with van der Waals surface area (Å²) in [5.41, 5.74) is 2.91. The number of fused-ring (bicyclic) bond motifs is 1. The van der Waals surface area contributed by atoms with Crippen molar-refractivity contribution in [2.24, 2.45) is 5.92 Å². The molecule has 2 heterocycles. The first-order valence-electron chi connectivity index (χ1n) is 10.7. The molecule has 2 aromatic carbocycles. The van der Waals surface area contributed by atoms with Crippen molar-refractivity contribution in [3.05, 3.63) is 65.3 Å². The summed E-state index contributed by atoms with van der Waals surface area (Å²) in [6.07, 6.45) is 3.13. The quantitative estimate of drug-likeness (QED) is 0.458. The van der Waals surface area contributed by atoms with E-state index in [0.717, 1.165) is 22.2 Å². The van der Waals surface area contributed by atoms with Gasteiger partial charge in [-0.05, 0) is 42.3 Å².